The first-order chi connectivity index (χ1) is 24.8. The molecule has 3 atom stereocenters. The summed E-state index contributed by atoms with van der Waals surface area (Å²) in [6, 6.07) is 9.00. The van der Waals surface area contributed by atoms with Crippen molar-refractivity contribution >= 4 is 34.4 Å². The summed E-state index contributed by atoms with van der Waals surface area (Å²) in [7, 11) is 0. The van der Waals surface area contributed by atoms with Crippen LogP contribution in [-0.4, -0.2) is 72.8 Å². The van der Waals surface area contributed by atoms with Crippen LogP contribution in [0.1, 0.15) is 98.1 Å². The lowest BCUT2D eigenvalue weighted by molar-refractivity contribution is -0.136. The number of benzene rings is 2. The van der Waals surface area contributed by atoms with E-state index in [4.69, 9.17) is 16.2 Å². The molecule has 9 N–H and O–H groups in total. The van der Waals surface area contributed by atoms with Gasteiger partial charge in [-0.25, -0.2) is 4.39 Å². The van der Waals surface area contributed by atoms with Crippen LogP contribution in [0, 0.1) is 28.1 Å². The summed E-state index contributed by atoms with van der Waals surface area (Å²) in [4.78, 5) is 50.0. The highest BCUT2D eigenvalue weighted by Crippen LogP contribution is 2.51. The average Bonchev–Trinajstić information content (AvgIpc) is 3.11. The molecule has 0 spiro atoms. The lowest BCUT2D eigenvalue weighted by Gasteiger charge is -2.48. The molecule has 4 amide bonds. The monoisotopic (exact) mass is 745 g/mol. The number of aliphatic hydroxyl groups is 1. The van der Waals surface area contributed by atoms with E-state index in [1.807, 2.05) is 52.8 Å². The van der Waals surface area contributed by atoms with Crippen molar-refractivity contribution in [1.29, 1.82) is 0 Å². The van der Waals surface area contributed by atoms with Gasteiger partial charge in [-0.3, -0.25) is 19.2 Å². The number of nitrogens with two attached hydrogens (primary N) is 2. The van der Waals surface area contributed by atoms with Crippen molar-refractivity contribution in [1.82, 2.24) is 16.0 Å². The number of halogens is 1. The molecular formula is C40H64FN5O7. The van der Waals surface area contributed by atoms with Gasteiger partial charge in [-0.05, 0) is 77.3 Å². The van der Waals surface area contributed by atoms with E-state index in [2.05, 4.69) is 16.0 Å². The van der Waals surface area contributed by atoms with E-state index < -0.39 is 46.1 Å². The molecule has 53 heavy (non-hydrogen) atoms. The van der Waals surface area contributed by atoms with Crippen LogP contribution < -0.4 is 27.4 Å². The number of carbonyl (C=O) groups excluding carboxylic acids is 4. The minimum absolute atomic E-state index is 0.00275. The molecule has 2 aromatic rings. The van der Waals surface area contributed by atoms with Gasteiger partial charge in [0.15, 0.2) is 6.17 Å². The summed E-state index contributed by atoms with van der Waals surface area (Å²) in [5.74, 6) is -2.60. The number of carbonyl (C=O) groups is 4. The van der Waals surface area contributed by atoms with Crippen LogP contribution >= 0.6 is 0 Å². The van der Waals surface area contributed by atoms with Gasteiger partial charge in [0.2, 0.25) is 17.7 Å². The fraction of sp³-hybridized carbons (Fsp3) is 0.650. The molecule has 0 aromatic heterocycles. The van der Waals surface area contributed by atoms with Crippen molar-refractivity contribution < 1.29 is 38.5 Å². The highest BCUT2D eigenvalue weighted by molar-refractivity contribution is 5.88. The summed E-state index contributed by atoms with van der Waals surface area (Å²) in [6.07, 6.45) is 1.15. The SMILES string of the molecule is CC(CC(C(=O)NCCOCc1cccc2cc(CO)c(O)cc12)C(C)(C)C(C)(C)CCC(N)=O)C(C)(C)C(F)C(=O)NCCCCCNC(=O)CN. The number of hydrogen-bond acceptors (Lipinski definition) is 8. The first-order valence-corrected chi connectivity index (χ1v) is 18.7. The molecule has 13 heteroatoms. The zero-order valence-electron chi connectivity index (χ0n) is 32.8. The second kappa shape index (κ2) is 20.6. The molecule has 0 aliphatic carbocycles. The van der Waals surface area contributed by atoms with Gasteiger partial charge in [-0.15, -0.1) is 0 Å². The minimum Gasteiger partial charge on any atom is -0.508 e. The predicted octanol–water partition coefficient (Wildman–Crippen LogP) is 4.36. The number of nitrogens with one attached hydrogen (secondary N) is 3. The lowest BCUT2D eigenvalue weighted by atomic mass is 9.56. The van der Waals surface area contributed by atoms with E-state index in [0.29, 0.717) is 37.9 Å². The van der Waals surface area contributed by atoms with E-state index in [-0.39, 0.29) is 63.3 Å². The topological polar surface area (TPSA) is 206 Å². The van der Waals surface area contributed by atoms with Crippen LogP contribution in [0.4, 0.5) is 4.39 Å². The zero-order valence-corrected chi connectivity index (χ0v) is 32.8. The van der Waals surface area contributed by atoms with Gasteiger partial charge in [0, 0.05) is 43.0 Å². The van der Waals surface area contributed by atoms with E-state index in [0.717, 1.165) is 22.8 Å². The van der Waals surface area contributed by atoms with E-state index >= 15 is 4.39 Å². The average molecular weight is 746 g/mol. The van der Waals surface area contributed by atoms with Crippen LogP contribution in [0.25, 0.3) is 10.8 Å². The second-order valence-electron chi connectivity index (χ2n) is 16.0. The van der Waals surface area contributed by atoms with Crippen molar-refractivity contribution in [2.24, 2.45) is 39.5 Å². The molecule has 0 aliphatic rings. The number of alkyl halides is 1. The molecule has 0 saturated heterocycles. The lowest BCUT2D eigenvalue weighted by Crippen LogP contribution is -2.50. The maximum Gasteiger partial charge on any atom is 0.255 e. The Morgan fingerprint density at radius 1 is 0.906 bits per heavy atom. The Labute approximate surface area is 314 Å². The van der Waals surface area contributed by atoms with E-state index in [1.165, 1.54) is 0 Å². The largest absolute Gasteiger partial charge is 0.508 e. The smallest absolute Gasteiger partial charge is 0.255 e. The Hall–Kier alpha value is -3.81. The normalized spacial score (nSPS) is 14.0. The fourth-order valence-corrected chi connectivity index (χ4v) is 6.46. The quantitative estimate of drug-likeness (QED) is 0.0768. The molecule has 0 radical (unpaired) electrons. The summed E-state index contributed by atoms with van der Waals surface area (Å²) < 4.78 is 21.8. The third-order valence-corrected chi connectivity index (χ3v) is 11.5. The number of rotatable bonds is 24. The Morgan fingerprint density at radius 3 is 2.17 bits per heavy atom. The molecule has 3 unspecified atom stereocenters. The Balaban J connectivity index is 2.10. The molecule has 298 valence electrons. The number of primary amides is 1. The number of unbranched alkanes of at least 4 members (excludes halogenated alkanes) is 2. The maximum atomic E-state index is 15.9. The van der Waals surface area contributed by atoms with Gasteiger partial charge >= 0.3 is 0 Å². The number of aromatic hydroxyl groups is 1. The molecule has 12 nitrogen and oxygen atoms in total. The van der Waals surface area contributed by atoms with Crippen LogP contribution in [0.5, 0.6) is 5.75 Å². The van der Waals surface area contributed by atoms with Crippen molar-refractivity contribution in [2.75, 3.05) is 32.8 Å². The molecular weight excluding hydrogens is 681 g/mol. The Morgan fingerprint density at radius 2 is 1.55 bits per heavy atom. The van der Waals surface area contributed by atoms with Crippen molar-refractivity contribution in [3.05, 3.63) is 41.5 Å². The zero-order chi connectivity index (χ0) is 40.0. The molecule has 0 saturated carbocycles. The van der Waals surface area contributed by atoms with Gasteiger partial charge in [-0.1, -0.05) is 66.7 Å². The minimum atomic E-state index is -1.82. The second-order valence-corrected chi connectivity index (χ2v) is 16.0. The van der Waals surface area contributed by atoms with Gasteiger partial charge in [0.25, 0.3) is 5.91 Å². The van der Waals surface area contributed by atoms with Gasteiger partial charge < -0.3 is 42.4 Å². The standard InChI is InChI=1S/C40H64FN5O7/c1-26(39(4,5)35(41)37(52)45-17-10-8-9-16-44-34(50)23-42)20-31(40(6,7)38(2,3)15-14-33(43)49)36(51)46-18-19-53-25-28-13-11-12-27-21-29(24-47)32(48)22-30(27)28/h11-13,21-22,26,31,35,47-48H,8-10,14-20,23-25,42H2,1-7H3,(H2,43,49)(H,44,50)(H,45,52)(H,46,51). The van der Waals surface area contributed by atoms with E-state index in [1.54, 1.807) is 26.0 Å². The highest BCUT2D eigenvalue weighted by Gasteiger charge is 2.49. The number of ether oxygens (including phenoxy) is 1. The van der Waals surface area contributed by atoms with Crippen molar-refractivity contribution in [2.45, 2.75) is 106 Å². The van der Waals surface area contributed by atoms with Crippen molar-refractivity contribution in [3.63, 3.8) is 0 Å². The molecule has 2 aromatic carbocycles. The Kier molecular flexibility index (Phi) is 17.6. The van der Waals surface area contributed by atoms with Crippen molar-refractivity contribution in [3.8, 4) is 5.75 Å². The number of amides is 4. The molecule has 2 rings (SSSR count). The highest BCUT2D eigenvalue weighted by atomic mass is 19.1. The molecule has 0 aliphatic heterocycles. The summed E-state index contributed by atoms with van der Waals surface area (Å²) in [5, 5.41) is 29.8. The molecule has 0 heterocycles. The number of phenols is 1. The Bertz CT molecular complexity index is 1530. The third kappa shape index (κ3) is 12.9. The fourth-order valence-electron chi connectivity index (χ4n) is 6.46. The third-order valence-electron chi connectivity index (χ3n) is 11.5. The van der Waals surface area contributed by atoms with Gasteiger partial charge in [0.1, 0.15) is 5.75 Å². The molecule has 0 bridgehead atoms. The maximum absolute atomic E-state index is 15.9. The number of aliphatic hydroxyl groups excluding tert-OH is 1. The first-order valence-electron chi connectivity index (χ1n) is 18.7. The van der Waals surface area contributed by atoms with Crippen LogP contribution in [0.2, 0.25) is 0 Å². The number of fused-ring (bicyclic) bond motifs is 1. The van der Waals surface area contributed by atoms with E-state index in [9.17, 15) is 29.4 Å². The summed E-state index contributed by atoms with van der Waals surface area (Å²) in [5.41, 5.74) is 9.75. The van der Waals surface area contributed by atoms with Gasteiger partial charge in [0.05, 0.1) is 26.4 Å². The van der Waals surface area contributed by atoms with Crippen LogP contribution in [0.3, 0.4) is 0 Å². The summed E-state index contributed by atoms with van der Waals surface area (Å²) >= 11 is 0. The number of hydrogen-bond donors (Lipinski definition) is 7. The summed E-state index contributed by atoms with van der Waals surface area (Å²) in [6.45, 7) is 14.3. The van der Waals surface area contributed by atoms with Crippen LogP contribution in [0.15, 0.2) is 30.3 Å². The van der Waals surface area contributed by atoms with Gasteiger partial charge in [-0.2, -0.15) is 0 Å². The van der Waals surface area contributed by atoms with Crippen LogP contribution in [-0.2, 0) is 37.1 Å². The molecule has 0 fully saturated rings. The predicted molar refractivity (Wildman–Crippen MR) is 205 cm³/mol. The first kappa shape index (κ1) is 45.3.